The number of hydrogen-bond acceptors (Lipinski definition) is 2. The summed E-state index contributed by atoms with van der Waals surface area (Å²) < 4.78 is 3.90. The van der Waals surface area contributed by atoms with E-state index in [4.69, 9.17) is 0 Å². The summed E-state index contributed by atoms with van der Waals surface area (Å²) in [4.78, 5) is 7.71. The van der Waals surface area contributed by atoms with Gasteiger partial charge in [-0.1, -0.05) is 12.2 Å². The molecule has 0 saturated heterocycles. The van der Waals surface area contributed by atoms with Crippen LogP contribution in [0.15, 0.2) is 62.8 Å². The normalized spacial score (nSPS) is 9.00. The fourth-order valence-corrected chi connectivity index (χ4v) is 1.09. The molecule has 0 aliphatic rings. The lowest BCUT2D eigenvalue weighted by molar-refractivity contribution is 0.822. The summed E-state index contributed by atoms with van der Waals surface area (Å²) in [6, 6.07) is 0. The van der Waals surface area contributed by atoms with Crippen LogP contribution >= 0.6 is 0 Å². The third-order valence-corrected chi connectivity index (χ3v) is 1.80. The van der Waals surface area contributed by atoms with Crippen LogP contribution in [0, 0.1) is 0 Å². The van der Waals surface area contributed by atoms with E-state index < -0.39 is 0 Å². The molecule has 0 aliphatic carbocycles. The van der Waals surface area contributed by atoms with Crippen LogP contribution in [0.2, 0.25) is 0 Å². The molecule has 0 radical (unpaired) electrons. The molecule has 0 N–H and O–H groups in total. The minimum absolute atomic E-state index is 0.847. The van der Waals surface area contributed by atoms with Gasteiger partial charge in [-0.3, -0.25) is 0 Å². The second kappa shape index (κ2) is 7.23. The van der Waals surface area contributed by atoms with E-state index in [1.165, 1.54) is 0 Å². The van der Waals surface area contributed by atoms with Gasteiger partial charge in [0.1, 0.15) is 0 Å². The monoisotopic (exact) mass is 216 g/mol. The first kappa shape index (κ1) is 12.0. The quantitative estimate of drug-likeness (QED) is 0.734. The molecular formula is C12H16N4. The average molecular weight is 216 g/mol. The Morgan fingerprint density at radius 2 is 1.31 bits per heavy atom. The van der Waals surface area contributed by atoms with Crippen molar-refractivity contribution in [3.05, 3.63) is 62.8 Å². The van der Waals surface area contributed by atoms with Gasteiger partial charge in [0, 0.05) is 37.9 Å². The Balaban J connectivity index is 0.000000160. The number of rotatable bonds is 4. The number of imidazole rings is 2. The molecule has 0 atom stereocenters. The van der Waals surface area contributed by atoms with Crippen molar-refractivity contribution in [2.45, 2.75) is 13.1 Å². The van der Waals surface area contributed by atoms with Crippen molar-refractivity contribution in [2.75, 3.05) is 0 Å². The van der Waals surface area contributed by atoms with Gasteiger partial charge in [0.15, 0.2) is 0 Å². The Morgan fingerprint density at radius 1 is 0.875 bits per heavy atom. The van der Waals surface area contributed by atoms with Crippen LogP contribution in [0.5, 0.6) is 0 Å². The highest BCUT2D eigenvalue weighted by Gasteiger charge is 1.79. The van der Waals surface area contributed by atoms with Crippen molar-refractivity contribution in [1.82, 2.24) is 19.1 Å². The third kappa shape index (κ3) is 4.41. The highest BCUT2D eigenvalue weighted by atomic mass is 15.0. The van der Waals surface area contributed by atoms with Crippen LogP contribution < -0.4 is 0 Å². The SMILES string of the molecule is C=CCn1ccnc1.C=CCn1ccnc1. The average Bonchev–Trinajstić information content (AvgIpc) is 2.92. The summed E-state index contributed by atoms with van der Waals surface area (Å²) in [5, 5.41) is 0. The minimum Gasteiger partial charge on any atom is -0.334 e. The van der Waals surface area contributed by atoms with Crippen molar-refractivity contribution >= 4 is 0 Å². The van der Waals surface area contributed by atoms with Gasteiger partial charge in [-0.2, -0.15) is 0 Å². The zero-order valence-electron chi connectivity index (χ0n) is 9.24. The van der Waals surface area contributed by atoms with Gasteiger partial charge in [0.2, 0.25) is 0 Å². The van der Waals surface area contributed by atoms with Crippen molar-refractivity contribution in [3.8, 4) is 0 Å². The molecule has 0 amide bonds. The van der Waals surface area contributed by atoms with E-state index >= 15 is 0 Å². The summed E-state index contributed by atoms with van der Waals surface area (Å²) in [5.74, 6) is 0. The molecule has 0 saturated carbocycles. The van der Waals surface area contributed by atoms with E-state index in [-0.39, 0.29) is 0 Å². The van der Waals surface area contributed by atoms with Crippen molar-refractivity contribution in [3.63, 3.8) is 0 Å². The summed E-state index contributed by atoms with van der Waals surface area (Å²) in [7, 11) is 0. The minimum atomic E-state index is 0.847. The highest BCUT2D eigenvalue weighted by molar-refractivity contribution is 4.79. The fourth-order valence-electron chi connectivity index (χ4n) is 1.09. The number of nitrogens with zero attached hydrogens (tertiary/aromatic N) is 4. The largest absolute Gasteiger partial charge is 0.334 e. The first-order valence-corrected chi connectivity index (χ1v) is 5.00. The van der Waals surface area contributed by atoms with Crippen molar-refractivity contribution in [1.29, 1.82) is 0 Å². The molecule has 0 unspecified atom stereocenters. The van der Waals surface area contributed by atoms with E-state index in [0.717, 1.165) is 13.1 Å². The van der Waals surface area contributed by atoms with Crippen LogP contribution in [-0.2, 0) is 13.1 Å². The lowest BCUT2D eigenvalue weighted by Crippen LogP contribution is -1.87. The van der Waals surface area contributed by atoms with Crippen molar-refractivity contribution in [2.24, 2.45) is 0 Å². The molecule has 0 aromatic carbocycles. The van der Waals surface area contributed by atoms with Crippen molar-refractivity contribution < 1.29 is 0 Å². The molecule has 4 nitrogen and oxygen atoms in total. The summed E-state index contributed by atoms with van der Waals surface area (Å²) in [6.45, 7) is 8.87. The fraction of sp³-hybridized carbons (Fsp3) is 0.167. The predicted octanol–water partition coefficient (Wildman–Crippen LogP) is 2.14. The van der Waals surface area contributed by atoms with Gasteiger partial charge in [0.05, 0.1) is 12.7 Å². The molecule has 0 fully saturated rings. The maximum Gasteiger partial charge on any atom is 0.0948 e. The Morgan fingerprint density at radius 3 is 1.56 bits per heavy atom. The van der Waals surface area contributed by atoms with E-state index in [2.05, 4.69) is 23.1 Å². The highest BCUT2D eigenvalue weighted by Crippen LogP contribution is 1.84. The van der Waals surface area contributed by atoms with Gasteiger partial charge < -0.3 is 9.13 Å². The molecule has 2 heterocycles. The van der Waals surface area contributed by atoms with Crippen LogP contribution in [-0.4, -0.2) is 19.1 Å². The number of aromatic nitrogens is 4. The van der Waals surface area contributed by atoms with Gasteiger partial charge in [0.25, 0.3) is 0 Å². The van der Waals surface area contributed by atoms with Crippen LogP contribution in [0.3, 0.4) is 0 Å². The Labute approximate surface area is 95.6 Å². The summed E-state index contributed by atoms with van der Waals surface area (Å²) in [5.41, 5.74) is 0. The van der Waals surface area contributed by atoms with E-state index in [9.17, 15) is 0 Å². The molecule has 2 aromatic heterocycles. The molecule has 84 valence electrons. The number of hydrogen-bond donors (Lipinski definition) is 0. The second-order valence-corrected chi connectivity index (χ2v) is 3.10. The summed E-state index contributed by atoms with van der Waals surface area (Å²) >= 11 is 0. The van der Waals surface area contributed by atoms with Gasteiger partial charge in [-0.15, -0.1) is 13.2 Å². The van der Waals surface area contributed by atoms with E-state index in [1.54, 1.807) is 25.0 Å². The predicted molar refractivity (Wildman–Crippen MR) is 64.8 cm³/mol. The van der Waals surface area contributed by atoms with Crippen LogP contribution in [0.25, 0.3) is 0 Å². The van der Waals surface area contributed by atoms with E-state index in [0.29, 0.717) is 0 Å². The molecular weight excluding hydrogens is 200 g/mol. The third-order valence-electron chi connectivity index (χ3n) is 1.80. The maximum atomic E-state index is 3.86. The molecule has 0 spiro atoms. The zero-order valence-corrected chi connectivity index (χ0v) is 9.24. The lowest BCUT2D eigenvalue weighted by Gasteiger charge is -1.89. The van der Waals surface area contributed by atoms with E-state index in [1.807, 2.05) is 33.7 Å². The first-order valence-electron chi connectivity index (χ1n) is 5.00. The molecule has 2 aromatic rings. The Hall–Kier alpha value is -2.10. The van der Waals surface area contributed by atoms with Gasteiger partial charge in [-0.25, -0.2) is 9.97 Å². The summed E-state index contributed by atoms with van der Waals surface area (Å²) in [6.07, 6.45) is 14.5. The molecule has 4 heteroatoms. The maximum absolute atomic E-state index is 3.86. The Bertz CT molecular complexity index is 346. The molecule has 2 rings (SSSR count). The zero-order chi connectivity index (χ0) is 11.6. The second-order valence-electron chi connectivity index (χ2n) is 3.10. The molecule has 16 heavy (non-hydrogen) atoms. The standard InChI is InChI=1S/2C6H8N2/c2*1-2-4-8-5-3-7-6-8/h2*2-3,5-6H,1,4H2. The smallest absolute Gasteiger partial charge is 0.0948 e. The molecule has 0 aliphatic heterocycles. The van der Waals surface area contributed by atoms with Crippen LogP contribution in [0.4, 0.5) is 0 Å². The number of allylic oxidation sites excluding steroid dienone is 2. The topological polar surface area (TPSA) is 35.6 Å². The Kier molecular flexibility index (Phi) is 5.41. The first-order chi connectivity index (χ1) is 7.86. The van der Waals surface area contributed by atoms with Crippen LogP contribution in [0.1, 0.15) is 0 Å². The lowest BCUT2D eigenvalue weighted by atomic mass is 10.6. The van der Waals surface area contributed by atoms with Gasteiger partial charge >= 0.3 is 0 Å². The molecule has 0 bridgehead atoms. The van der Waals surface area contributed by atoms with Gasteiger partial charge in [-0.05, 0) is 0 Å².